The van der Waals surface area contributed by atoms with Gasteiger partial charge in [-0.1, -0.05) is 26.0 Å². The quantitative estimate of drug-likeness (QED) is 0.351. The summed E-state index contributed by atoms with van der Waals surface area (Å²) in [6.45, 7) is 4.24. The average Bonchev–Trinajstić information content (AvgIpc) is 3.62. The van der Waals surface area contributed by atoms with E-state index in [9.17, 15) is 18.3 Å². The molecule has 9 heteroatoms. The van der Waals surface area contributed by atoms with Crippen LogP contribution in [0.1, 0.15) is 61.6 Å². The van der Waals surface area contributed by atoms with E-state index >= 15 is 0 Å². The van der Waals surface area contributed by atoms with Crippen LogP contribution >= 0.6 is 0 Å². The standard InChI is InChI=1S/C25H34N4O4S/c1-16(2)17-8-10-19(11-9-17)28-24(25(31)27-3)21-14-20(18-6-7-18)23(15-22(21)26)29(12-5-13-30)34(4,32)33/h8-11,14-16,18,30H,5-7,12-13,26H2,1-4H3,(H,27,31). The van der Waals surface area contributed by atoms with Crippen LogP contribution in [0.25, 0.3) is 0 Å². The number of aliphatic imine (C=N–C) groups is 1. The van der Waals surface area contributed by atoms with Crippen LogP contribution in [-0.2, 0) is 14.8 Å². The maximum Gasteiger partial charge on any atom is 0.270 e. The minimum atomic E-state index is -3.59. The fraction of sp³-hybridized carbons (Fsp3) is 0.440. The highest BCUT2D eigenvalue weighted by molar-refractivity contribution is 7.92. The molecule has 2 aromatic rings. The zero-order valence-corrected chi connectivity index (χ0v) is 21.0. The lowest BCUT2D eigenvalue weighted by Crippen LogP contribution is -2.33. The molecular formula is C25H34N4O4S. The monoisotopic (exact) mass is 486 g/mol. The Balaban J connectivity index is 2.14. The number of carbonyl (C=O) groups excluding carboxylic acids is 1. The number of carbonyl (C=O) groups is 1. The molecule has 0 aromatic heterocycles. The topological polar surface area (TPSA) is 125 Å². The number of hydrogen-bond donors (Lipinski definition) is 3. The van der Waals surface area contributed by atoms with Gasteiger partial charge < -0.3 is 16.2 Å². The third-order valence-corrected chi connectivity index (χ3v) is 7.08. The molecule has 1 amide bonds. The first-order valence-electron chi connectivity index (χ1n) is 11.5. The van der Waals surface area contributed by atoms with Gasteiger partial charge >= 0.3 is 0 Å². The van der Waals surface area contributed by atoms with Gasteiger partial charge in [0.1, 0.15) is 5.71 Å². The second kappa shape index (κ2) is 10.6. The lowest BCUT2D eigenvalue weighted by atomic mass is 9.98. The van der Waals surface area contributed by atoms with Crippen LogP contribution in [0.2, 0.25) is 0 Å². The fourth-order valence-electron chi connectivity index (χ4n) is 3.86. The van der Waals surface area contributed by atoms with E-state index in [1.807, 2.05) is 24.3 Å². The minimum Gasteiger partial charge on any atom is -0.398 e. The summed E-state index contributed by atoms with van der Waals surface area (Å²) < 4.78 is 26.4. The predicted octanol–water partition coefficient (Wildman–Crippen LogP) is 3.28. The summed E-state index contributed by atoms with van der Waals surface area (Å²) in [6.07, 6.45) is 3.30. The number of aliphatic hydroxyl groups excluding tert-OH is 1. The number of nitrogens with one attached hydrogen (secondary N) is 1. The van der Waals surface area contributed by atoms with Crippen molar-refractivity contribution in [2.75, 3.05) is 36.5 Å². The normalized spacial score (nSPS) is 14.4. The van der Waals surface area contributed by atoms with Gasteiger partial charge in [0, 0.05) is 31.5 Å². The molecule has 184 valence electrons. The molecule has 1 aliphatic carbocycles. The summed E-state index contributed by atoms with van der Waals surface area (Å²) in [4.78, 5) is 17.4. The number of aliphatic hydroxyl groups is 1. The number of anilines is 2. The number of benzene rings is 2. The molecule has 0 atom stereocenters. The van der Waals surface area contributed by atoms with Gasteiger partial charge in [-0.25, -0.2) is 13.4 Å². The summed E-state index contributed by atoms with van der Waals surface area (Å²) in [5.74, 6) is 0.183. The van der Waals surface area contributed by atoms with Gasteiger partial charge in [0.2, 0.25) is 10.0 Å². The summed E-state index contributed by atoms with van der Waals surface area (Å²) >= 11 is 0. The molecule has 4 N–H and O–H groups in total. The number of rotatable bonds is 10. The Hall–Kier alpha value is -2.91. The van der Waals surface area contributed by atoms with E-state index in [0.717, 1.165) is 24.7 Å². The minimum absolute atomic E-state index is 0.124. The molecule has 0 radical (unpaired) electrons. The highest BCUT2D eigenvalue weighted by Crippen LogP contribution is 2.46. The molecule has 0 heterocycles. The fourth-order valence-corrected chi connectivity index (χ4v) is 4.83. The number of likely N-dealkylation sites (N-methyl/N-ethyl adjacent to an activating group) is 1. The molecule has 1 saturated carbocycles. The Kier molecular flexibility index (Phi) is 7.99. The van der Waals surface area contributed by atoms with Crippen molar-refractivity contribution in [3.63, 3.8) is 0 Å². The zero-order valence-electron chi connectivity index (χ0n) is 20.2. The Labute approximate surface area is 201 Å². The van der Waals surface area contributed by atoms with Crippen LogP contribution in [0, 0.1) is 0 Å². The van der Waals surface area contributed by atoms with Crippen LogP contribution in [-0.4, -0.2) is 51.6 Å². The summed E-state index contributed by atoms with van der Waals surface area (Å²) in [5.41, 5.74) is 10.4. The Morgan fingerprint density at radius 3 is 2.38 bits per heavy atom. The molecular weight excluding hydrogens is 452 g/mol. The van der Waals surface area contributed by atoms with Gasteiger partial charge in [-0.2, -0.15) is 0 Å². The van der Waals surface area contributed by atoms with Crippen LogP contribution in [0.15, 0.2) is 41.4 Å². The van der Waals surface area contributed by atoms with E-state index in [1.165, 1.54) is 16.9 Å². The molecule has 2 aromatic carbocycles. The maximum absolute atomic E-state index is 12.8. The van der Waals surface area contributed by atoms with Gasteiger partial charge in [0.25, 0.3) is 5.91 Å². The molecule has 34 heavy (non-hydrogen) atoms. The zero-order chi connectivity index (χ0) is 25.0. The average molecular weight is 487 g/mol. The van der Waals surface area contributed by atoms with E-state index < -0.39 is 10.0 Å². The second-order valence-electron chi connectivity index (χ2n) is 8.97. The molecule has 3 rings (SSSR count). The number of amides is 1. The third-order valence-electron chi connectivity index (χ3n) is 5.90. The molecule has 1 fully saturated rings. The van der Waals surface area contributed by atoms with Gasteiger partial charge in [0.15, 0.2) is 0 Å². The number of sulfonamides is 1. The van der Waals surface area contributed by atoms with Crippen LogP contribution in [0.5, 0.6) is 0 Å². The van der Waals surface area contributed by atoms with Gasteiger partial charge in [0.05, 0.1) is 17.6 Å². The van der Waals surface area contributed by atoms with E-state index in [4.69, 9.17) is 5.73 Å². The first-order chi connectivity index (χ1) is 16.1. The SMILES string of the molecule is CNC(=O)C(=Nc1ccc(C(C)C)cc1)c1cc(C2CC2)c(N(CCCO)S(C)(=O)=O)cc1N. The molecule has 1 aliphatic rings. The summed E-state index contributed by atoms with van der Waals surface area (Å²) in [6, 6.07) is 11.1. The van der Waals surface area contributed by atoms with Crippen LogP contribution in [0.4, 0.5) is 17.1 Å². The Morgan fingerprint density at radius 2 is 1.88 bits per heavy atom. The Bertz CT molecular complexity index is 1170. The second-order valence-corrected chi connectivity index (χ2v) is 10.9. The van der Waals surface area contributed by atoms with Crippen molar-refractivity contribution in [3.05, 3.63) is 53.1 Å². The molecule has 0 bridgehead atoms. The van der Waals surface area contributed by atoms with E-state index in [0.29, 0.717) is 29.3 Å². The van der Waals surface area contributed by atoms with Crippen molar-refractivity contribution in [2.45, 2.75) is 44.9 Å². The predicted molar refractivity (Wildman–Crippen MR) is 138 cm³/mol. The van der Waals surface area contributed by atoms with E-state index in [-0.39, 0.29) is 36.4 Å². The van der Waals surface area contributed by atoms with Crippen molar-refractivity contribution in [1.82, 2.24) is 5.32 Å². The van der Waals surface area contributed by atoms with Gasteiger partial charge in [-0.15, -0.1) is 0 Å². The smallest absolute Gasteiger partial charge is 0.270 e. The number of nitrogen functional groups attached to an aromatic ring is 1. The van der Waals surface area contributed by atoms with Crippen molar-refractivity contribution in [3.8, 4) is 0 Å². The van der Waals surface area contributed by atoms with Crippen molar-refractivity contribution < 1.29 is 18.3 Å². The number of nitrogens with zero attached hydrogens (tertiary/aromatic N) is 2. The third kappa shape index (κ3) is 5.95. The maximum atomic E-state index is 12.8. The van der Waals surface area contributed by atoms with Gasteiger partial charge in [-0.3, -0.25) is 9.10 Å². The molecule has 0 unspecified atom stereocenters. The van der Waals surface area contributed by atoms with E-state index in [2.05, 4.69) is 24.2 Å². The first kappa shape index (κ1) is 25.7. The van der Waals surface area contributed by atoms with Crippen LogP contribution < -0.4 is 15.4 Å². The van der Waals surface area contributed by atoms with Crippen molar-refractivity contribution in [2.24, 2.45) is 4.99 Å². The molecule has 0 spiro atoms. The van der Waals surface area contributed by atoms with Crippen molar-refractivity contribution in [1.29, 1.82) is 0 Å². The highest BCUT2D eigenvalue weighted by Gasteiger charge is 2.32. The lowest BCUT2D eigenvalue weighted by molar-refractivity contribution is -0.114. The van der Waals surface area contributed by atoms with Crippen LogP contribution in [0.3, 0.4) is 0 Å². The highest BCUT2D eigenvalue weighted by atomic mass is 32.2. The largest absolute Gasteiger partial charge is 0.398 e. The van der Waals surface area contributed by atoms with Crippen molar-refractivity contribution >= 4 is 38.7 Å². The molecule has 8 nitrogen and oxygen atoms in total. The lowest BCUT2D eigenvalue weighted by Gasteiger charge is -2.26. The summed E-state index contributed by atoms with van der Waals surface area (Å²) in [7, 11) is -2.06. The number of hydrogen-bond acceptors (Lipinski definition) is 6. The molecule has 0 aliphatic heterocycles. The number of nitrogens with two attached hydrogens (primary N) is 1. The van der Waals surface area contributed by atoms with Gasteiger partial charge in [-0.05, 0) is 66.5 Å². The first-order valence-corrected chi connectivity index (χ1v) is 13.3. The molecule has 0 saturated heterocycles. The Morgan fingerprint density at radius 1 is 1.24 bits per heavy atom. The van der Waals surface area contributed by atoms with E-state index in [1.54, 1.807) is 12.1 Å². The summed E-state index contributed by atoms with van der Waals surface area (Å²) in [5, 5.41) is 11.9.